The Labute approximate surface area is 121 Å². The van der Waals surface area contributed by atoms with E-state index in [0.717, 1.165) is 13.0 Å². The number of rotatable bonds is 3. The van der Waals surface area contributed by atoms with Crippen molar-refractivity contribution in [2.24, 2.45) is 0 Å². The molecule has 3 rings (SSSR count). The minimum absolute atomic E-state index is 0.262. The van der Waals surface area contributed by atoms with Gasteiger partial charge in [0.15, 0.2) is 0 Å². The summed E-state index contributed by atoms with van der Waals surface area (Å²) in [4.78, 5) is 18.0. The maximum Gasteiger partial charge on any atom is 0.269 e. The van der Waals surface area contributed by atoms with Crippen molar-refractivity contribution >= 4 is 11.0 Å². The summed E-state index contributed by atoms with van der Waals surface area (Å²) in [7, 11) is 0. The second-order valence-corrected chi connectivity index (χ2v) is 5.42. The molecule has 1 fully saturated rings. The maximum atomic E-state index is 13.4. The Bertz CT molecular complexity index is 701. The van der Waals surface area contributed by atoms with Gasteiger partial charge in [-0.2, -0.15) is 0 Å². The molecule has 0 radical (unpaired) electrons. The third kappa shape index (κ3) is 3.10. The molecule has 1 aromatic heterocycles. The van der Waals surface area contributed by atoms with E-state index in [4.69, 9.17) is 0 Å². The number of nitrogens with zero attached hydrogens (tertiary/aromatic N) is 3. The van der Waals surface area contributed by atoms with E-state index < -0.39 is 12.0 Å². The highest BCUT2D eigenvalue weighted by atomic mass is 19.1. The van der Waals surface area contributed by atoms with Crippen molar-refractivity contribution in [2.75, 3.05) is 19.6 Å². The SMILES string of the molecule is O=c1cnc2ccc(F)cc2n1CCN1CCCC(F)C1. The van der Waals surface area contributed by atoms with Gasteiger partial charge in [-0.15, -0.1) is 0 Å². The van der Waals surface area contributed by atoms with Crippen LogP contribution in [0, 0.1) is 5.82 Å². The third-order valence-electron chi connectivity index (χ3n) is 3.90. The highest BCUT2D eigenvalue weighted by molar-refractivity contribution is 5.74. The Balaban J connectivity index is 1.84. The van der Waals surface area contributed by atoms with Crippen molar-refractivity contribution in [1.82, 2.24) is 14.5 Å². The number of aromatic nitrogens is 2. The zero-order chi connectivity index (χ0) is 14.8. The second kappa shape index (κ2) is 5.89. The van der Waals surface area contributed by atoms with E-state index in [2.05, 4.69) is 4.98 Å². The van der Waals surface area contributed by atoms with E-state index in [-0.39, 0.29) is 5.56 Å². The average Bonchev–Trinajstić information content (AvgIpc) is 2.46. The van der Waals surface area contributed by atoms with Crippen molar-refractivity contribution in [1.29, 1.82) is 0 Å². The predicted octanol–water partition coefficient (Wildman–Crippen LogP) is 1.97. The smallest absolute Gasteiger partial charge is 0.269 e. The molecular weight excluding hydrogens is 276 g/mol. The van der Waals surface area contributed by atoms with Gasteiger partial charge in [0.2, 0.25) is 0 Å². The van der Waals surface area contributed by atoms with Gasteiger partial charge in [-0.05, 0) is 37.6 Å². The molecule has 1 unspecified atom stereocenters. The van der Waals surface area contributed by atoms with Crippen LogP contribution in [0.15, 0.2) is 29.2 Å². The standard InChI is InChI=1S/C15H17F2N3O/c16-11-3-4-13-14(8-11)20(15(21)9-18-13)7-6-19-5-1-2-12(17)10-19/h3-4,8-9,12H,1-2,5-7,10H2. The van der Waals surface area contributed by atoms with Crippen molar-refractivity contribution < 1.29 is 8.78 Å². The first kappa shape index (κ1) is 14.1. The molecule has 1 aliphatic heterocycles. The molecule has 21 heavy (non-hydrogen) atoms. The highest BCUT2D eigenvalue weighted by Crippen LogP contribution is 2.14. The van der Waals surface area contributed by atoms with Gasteiger partial charge < -0.3 is 4.57 Å². The molecule has 0 aliphatic carbocycles. The predicted molar refractivity (Wildman–Crippen MR) is 76.5 cm³/mol. The second-order valence-electron chi connectivity index (χ2n) is 5.42. The van der Waals surface area contributed by atoms with Gasteiger partial charge in [0.25, 0.3) is 5.56 Å². The van der Waals surface area contributed by atoms with Crippen molar-refractivity contribution in [3.05, 3.63) is 40.6 Å². The zero-order valence-electron chi connectivity index (χ0n) is 11.6. The van der Waals surface area contributed by atoms with Crippen LogP contribution in [-0.2, 0) is 6.54 Å². The van der Waals surface area contributed by atoms with Gasteiger partial charge in [0, 0.05) is 19.6 Å². The van der Waals surface area contributed by atoms with Gasteiger partial charge in [0.1, 0.15) is 12.0 Å². The summed E-state index contributed by atoms with van der Waals surface area (Å²) in [6.07, 6.45) is 1.90. The Hall–Kier alpha value is -1.82. The molecule has 1 aliphatic rings. The normalized spacial score (nSPS) is 20.0. The van der Waals surface area contributed by atoms with Crippen molar-refractivity contribution in [3.63, 3.8) is 0 Å². The van der Waals surface area contributed by atoms with Crippen LogP contribution in [0.4, 0.5) is 8.78 Å². The fourth-order valence-corrected chi connectivity index (χ4v) is 2.81. The first-order valence-corrected chi connectivity index (χ1v) is 7.15. The fourth-order valence-electron chi connectivity index (χ4n) is 2.81. The van der Waals surface area contributed by atoms with E-state index in [1.165, 1.54) is 22.9 Å². The summed E-state index contributed by atoms with van der Waals surface area (Å²) in [5, 5.41) is 0. The van der Waals surface area contributed by atoms with Crippen LogP contribution in [0.3, 0.4) is 0 Å². The monoisotopic (exact) mass is 293 g/mol. The van der Waals surface area contributed by atoms with E-state index in [0.29, 0.717) is 37.1 Å². The largest absolute Gasteiger partial charge is 0.304 e. The lowest BCUT2D eigenvalue weighted by molar-refractivity contribution is 0.135. The molecule has 1 aromatic carbocycles. The molecule has 2 aromatic rings. The lowest BCUT2D eigenvalue weighted by Crippen LogP contribution is -2.39. The minimum Gasteiger partial charge on any atom is -0.304 e. The number of hydrogen-bond acceptors (Lipinski definition) is 3. The Kier molecular flexibility index (Phi) is 3.96. The molecule has 0 amide bonds. The number of halogens is 2. The first-order chi connectivity index (χ1) is 10.1. The zero-order valence-corrected chi connectivity index (χ0v) is 11.6. The van der Waals surface area contributed by atoms with E-state index in [1.807, 2.05) is 4.90 Å². The molecule has 0 saturated carbocycles. The number of fused-ring (bicyclic) bond motifs is 1. The molecule has 0 bridgehead atoms. The Morgan fingerprint density at radius 3 is 3.00 bits per heavy atom. The van der Waals surface area contributed by atoms with Crippen LogP contribution in [0.25, 0.3) is 11.0 Å². The molecule has 6 heteroatoms. The summed E-state index contributed by atoms with van der Waals surface area (Å²) in [6, 6.07) is 4.19. The molecule has 112 valence electrons. The molecule has 0 N–H and O–H groups in total. The number of likely N-dealkylation sites (tertiary alicyclic amines) is 1. The molecule has 2 heterocycles. The number of alkyl halides is 1. The maximum absolute atomic E-state index is 13.4. The number of piperidine rings is 1. The number of benzene rings is 1. The van der Waals surface area contributed by atoms with Crippen LogP contribution in [0.1, 0.15) is 12.8 Å². The van der Waals surface area contributed by atoms with Gasteiger partial charge in [-0.1, -0.05) is 0 Å². The Morgan fingerprint density at radius 2 is 2.19 bits per heavy atom. The van der Waals surface area contributed by atoms with Crippen LogP contribution in [-0.4, -0.2) is 40.3 Å². The minimum atomic E-state index is -0.790. The van der Waals surface area contributed by atoms with Crippen LogP contribution < -0.4 is 5.56 Å². The average molecular weight is 293 g/mol. The van der Waals surface area contributed by atoms with E-state index in [9.17, 15) is 13.6 Å². The topological polar surface area (TPSA) is 38.1 Å². The molecular formula is C15H17F2N3O. The molecule has 1 saturated heterocycles. The van der Waals surface area contributed by atoms with Gasteiger partial charge >= 0.3 is 0 Å². The summed E-state index contributed by atoms with van der Waals surface area (Å²) in [6.45, 7) is 2.24. The first-order valence-electron chi connectivity index (χ1n) is 7.15. The summed E-state index contributed by atoms with van der Waals surface area (Å²) in [5.41, 5.74) is 0.802. The van der Waals surface area contributed by atoms with Crippen LogP contribution in [0.5, 0.6) is 0 Å². The molecule has 0 spiro atoms. The van der Waals surface area contributed by atoms with Crippen molar-refractivity contribution in [3.8, 4) is 0 Å². The van der Waals surface area contributed by atoms with Crippen LogP contribution >= 0.6 is 0 Å². The lowest BCUT2D eigenvalue weighted by Gasteiger charge is -2.29. The van der Waals surface area contributed by atoms with Crippen LogP contribution in [0.2, 0.25) is 0 Å². The summed E-state index contributed by atoms with van der Waals surface area (Å²) >= 11 is 0. The van der Waals surface area contributed by atoms with Gasteiger partial charge in [0.05, 0.1) is 17.2 Å². The quantitative estimate of drug-likeness (QED) is 0.868. The lowest BCUT2D eigenvalue weighted by atomic mass is 10.1. The van der Waals surface area contributed by atoms with E-state index in [1.54, 1.807) is 6.07 Å². The Morgan fingerprint density at radius 1 is 1.33 bits per heavy atom. The molecule has 1 atom stereocenters. The molecule has 4 nitrogen and oxygen atoms in total. The summed E-state index contributed by atoms with van der Waals surface area (Å²) in [5.74, 6) is -0.398. The van der Waals surface area contributed by atoms with Crippen molar-refractivity contribution in [2.45, 2.75) is 25.6 Å². The number of hydrogen-bond donors (Lipinski definition) is 0. The van der Waals surface area contributed by atoms with E-state index >= 15 is 0 Å². The highest BCUT2D eigenvalue weighted by Gasteiger charge is 2.19. The third-order valence-corrected chi connectivity index (χ3v) is 3.90. The van der Waals surface area contributed by atoms with Gasteiger partial charge in [-0.3, -0.25) is 9.69 Å². The summed E-state index contributed by atoms with van der Waals surface area (Å²) < 4.78 is 28.3. The fraction of sp³-hybridized carbons (Fsp3) is 0.467. The van der Waals surface area contributed by atoms with Gasteiger partial charge in [-0.25, -0.2) is 13.8 Å².